The van der Waals surface area contributed by atoms with E-state index in [1.165, 1.54) is 0 Å². The Bertz CT molecular complexity index is 313. The van der Waals surface area contributed by atoms with Gasteiger partial charge in [-0.05, 0) is 51.0 Å². The fourth-order valence-electron chi connectivity index (χ4n) is 1.33. The number of hydrogen-bond donors (Lipinski definition) is 2. The summed E-state index contributed by atoms with van der Waals surface area (Å²) in [6, 6.07) is -0.892. The molecule has 0 aliphatic heterocycles. The highest BCUT2D eigenvalue weighted by Gasteiger charge is 2.23. The van der Waals surface area contributed by atoms with Crippen molar-refractivity contribution in [1.82, 2.24) is 5.32 Å². The van der Waals surface area contributed by atoms with Crippen LogP contribution in [0.1, 0.15) is 47.5 Å². The Kier molecular flexibility index (Phi) is 8.69. The van der Waals surface area contributed by atoms with Gasteiger partial charge in [-0.25, -0.2) is 9.59 Å². The smallest absolute Gasteiger partial charge is 0.408 e. The number of carbonyl (C=O) groups is 2. The fraction of sp³-hybridized carbons (Fsp3) is 0.857. The minimum absolute atomic E-state index is 0.400. The third-order valence-electron chi connectivity index (χ3n) is 2.38. The number of amides is 1. The number of aliphatic carboxylic acids is 1. The predicted molar refractivity (Wildman–Crippen MR) is 82.2 cm³/mol. The van der Waals surface area contributed by atoms with Gasteiger partial charge in [-0.1, -0.05) is 13.8 Å². The summed E-state index contributed by atoms with van der Waals surface area (Å²) in [5, 5.41) is 11.5. The number of rotatable bonds is 8. The van der Waals surface area contributed by atoms with Crippen LogP contribution in [0.25, 0.3) is 0 Å². The Morgan fingerprint density at radius 3 is 2.20 bits per heavy atom. The van der Waals surface area contributed by atoms with Crippen LogP contribution in [-0.2, 0) is 9.53 Å². The SMILES string of the molecule is CC(C)CCSCCC(NC(=O)OC(C)(C)C)C(=O)O. The molecule has 2 N–H and O–H groups in total. The quantitative estimate of drug-likeness (QED) is 0.674. The largest absolute Gasteiger partial charge is 0.480 e. The highest BCUT2D eigenvalue weighted by molar-refractivity contribution is 7.99. The topological polar surface area (TPSA) is 75.6 Å². The summed E-state index contributed by atoms with van der Waals surface area (Å²) in [6.45, 7) is 9.54. The molecule has 20 heavy (non-hydrogen) atoms. The van der Waals surface area contributed by atoms with Crippen molar-refractivity contribution < 1.29 is 19.4 Å². The molecule has 0 bridgehead atoms. The number of carboxylic acids is 1. The predicted octanol–water partition coefficient (Wildman–Crippen LogP) is 3.13. The first-order valence-corrected chi connectivity index (χ1v) is 8.07. The van der Waals surface area contributed by atoms with E-state index in [-0.39, 0.29) is 0 Å². The number of thioether (sulfide) groups is 1. The Morgan fingerprint density at radius 2 is 1.75 bits per heavy atom. The first-order chi connectivity index (χ1) is 9.11. The van der Waals surface area contributed by atoms with E-state index in [0.717, 1.165) is 12.2 Å². The molecular formula is C14H27NO4S. The molecule has 0 saturated carbocycles. The van der Waals surface area contributed by atoms with Crippen LogP contribution in [0.15, 0.2) is 0 Å². The standard InChI is InChI=1S/C14H27NO4S/c1-10(2)6-8-20-9-7-11(12(16)17)15-13(18)19-14(3,4)5/h10-11H,6-9H2,1-5H3,(H,15,18)(H,16,17). The number of hydrogen-bond acceptors (Lipinski definition) is 4. The first kappa shape index (κ1) is 19.1. The van der Waals surface area contributed by atoms with Crippen LogP contribution in [0.5, 0.6) is 0 Å². The van der Waals surface area contributed by atoms with Gasteiger partial charge >= 0.3 is 12.1 Å². The summed E-state index contributed by atoms with van der Waals surface area (Å²) in [4.78, 5) is 22.6. The van der Waals surface area contributed by atoms with Crippen molar-refractivity contribution in [2.75, 3.05) is 11.5 Å². The average Bonchev–Trinajstić information content (AvgIpc) is 2.23. The van der Waals surface area contributed by atoms with E-state index >= 15 is 0 Å². The molecule has 118 valence electrons. The summed E-state index contributed by atoms with van der Waals surface area (Å²) in [5.41, 5.74) is -0.626. The number of carbonyl (C=O) groups excluding carboxylic acids is 1. The Hall–Kier alpha value is -0.910. The lowest BCUT2D eigenvalue weighted by molar-refractivity contribution is -0.139. The number of ether oxygens (including phenoxy) is 1. The van der Waals surface area contributed by atoms with Gasteiger partial charge in [0.05, 0.1) is 0 Å². The molecule has 0 aromatic rings. The molecule has 1 unspecified atom stereocenters. The van der Waals surface area contributed by atoms with Crippen LogP contribution < -0.4 is 5.32 Å². The normalized spacial score (nSPS) is 13.1. The summed E-state index contributed by atoms with van der Waals surface area (Å²) < 4.78 is 5.06. The lowest BCUT2D eigenvalue weighted by Crippen LogP contribution is -2.43. The van der Waals surface area contributed by atoms with Crippen molar-refractivity contribution in [1.29, 1.82) is 0 Å². The van der Waals surface area contributed by atoms with Gasteiger partial charge in [0.1, 0.15) is 11.6 Å². The summed E-state index contributed by atoms with van der Waals surface area (Å²) >= 11 is 1.71. The van der Waals surface area contributed by atoms with Gasteiger partial charge in [-0.15, -0.1) is 0 Å². The second kappa shape index (κ2) is 9.10. The second-order valence-electron chi connectivity index (χ2n) is 6.12. The average molecular weight is 305 g/mol. The summed E-state index contributed by atoms with van der Waals surface area (Å²) in [7, 11) is 0. The van der Waals surface area contributed by atoms with Gasteiger partial charge in [-0.2, -0.15) is 11.8 Å². The Balaban J connectivity index is 4.05. The minimum Gasteiger partial charge on any atom is -0.480 e. The van der Waals surface area contributed by atoms with Crippen LogP contribution in [0, 0.1) is 5.92 Å². The molecule has 0 aromatic heterocycles. The Morgan fingerprint density at radius 1 is 1.20 bits per heavy atom. The lowest BCUT2D eigenvalue weighted by Gasteiger charge is -2.22. The van der Waals surface area contributed by atoms with Gasteiger partial charge in [0.2, 0.25) is 0 Å². The Labute approximate surface area is 125 Å². The van der Waals surface area contributed by atoms with E-state index in [9.17, 15) is 9.59 Å². The molecule has 5 nitrogen and oxygen atoms in total. The zero-order valence-electron chi connectivity index (χ0n) is 13.1. The molecule has 0 spiro atoms. The van der Waals surface area contributed by atoms with E-state index in [1.54, 1.807) is 32.5 Å². The fourth-order valence-corrected chi connectivity index (χ4v) is 2.57. The summed E-state index contributed by atoms with van der Waals surface area (Å²) in [6.07, 6.45) is 0.830. The maximum absolute atomic E-state index is 11.5. The van der Waals surface area contributed by atoms with E-state index in [2.05, 4.69) is 19.2 Å². The summed E-state index contributed by atoms with van der Waals surface area (Å²) in [5.74, 6) is 1.34. The van der Waals surface area contributed by atoms with Crippen molar-refractivity contribution in [2.45, 2.75) is 59.1 Å². The van der Waals surface area contributed by atoms with Crippen LogP contribution >= 0.6 is 11.8 Å². The van der Waals surface area contributed by atoms with Gasteiger partial charge in [0.25, 0.3) is 0 Å². The number of alkyl carbamates (subject to hydrolysis) is 1. The third-order valence-corrected chi connectivity index (χ3v) is 3.43. The van der Waals surface area contributed by atoms with E-state index < -0.39 is 23.7 Å². The number of nitrogens with one attached hydrogen (secondary N) is 1. The van der Waals surface area contributed by atoms with E-state index in [1.807, 2.05) is 0 Å². The van der Waals surface area contributed by atoms with Gasteiger partial charge in [0, 0.05) is 0 Å². The molecule has 1 amide bonds. The molecule has 0 aliphatic rings. The molecule has 0 saturated heterocycles. The highest BCUT2D eigenvalue weighted by atomic mass is 32.2. The van der Waals surface area contributed by atoms with Crippen molar-refractivity contribution in [3.8, 4) is 0 Å². The van der Waals surface area contributed by atoms with Crippen LogP contribution in [0.3, 0.4) is 0 Å². The molecule has 6 heteroatoms. The van der Waals surface area contributed by atoms with Crippen molar-refractivity contribution in [2.24, 2.45) is 5.92 Å². The molecule has 0 radical (unpaired) electrons. The van der Waals surface area contributed by atoms with Crippen LogP contribution in [0.4, 0.5) is 4.79 Å². The van der Waals surface area contributed by atoms with Gasteiger partial charge in [0.15, 0.2) is 0 Å². The molecule has 0 fully saturated rings. The van der Waals surface area contributed by atoms with E-state index in [0.29, 0.717) is 18.1 Å². The molecular weight excluding hydrogens is 278 g/mol. The zero-order chi connectivity index (χ0) is 15.8. The van der Waals surface area contributed by atoms with Crippen LogP contribution in [-0.4, -0.2) is 40.3 Å². The molecule has 0 rings (SSSR count). The van der Waals surface area contributed by atoms with Crippen molar-refractivity contribution in [3.63, 3.8) is 0 Å². The minimum atomic E-state index is -1.03. The van der Waals surface area contributed by atoms with Crippen molar-refractivity contribution in [3.05, 3.63) is 0 Å². The van der Waals surface area contributed by atoms with Gasteiger partial charge in [-0.3, -0.25) is 0 Å². The zero-order valence-corrected chi connectivity index (χ0v) is 13.9. The monoisotopic (exact) mass is 305 g/mol. The lowest BCUT2D eigenvalue weighted by atomic mass is 10.2. The van der Waals surface area contributed by atoms with Crippen LogP contribution in [0.2, 0.25) is 0 Å². The highest BCUT2D eigenvalue weighted by Crippen LogP contribution is 2.12. The maximum Gasteiger partial charge on any atom is 0.408 e. The molecule has 0 heterocycles. The molecule has 0 aromatic carbocycles. The molecule has 0 aliphatic carbocycles. The second-order valence-corrected chi connectivity index (χ2v) is 7.35. The molecule has 1 atom stereocenters. The maximum atomic E-state index is 11.5. The first-order valence-electron chi connectivity index (χ1n) is 6.92. The van der Waals surface area contributed by atoms with Crippen molar-refractivity contribution >= 4 is 23.8 Å². The van der Waals surface area contributed by atoms with Gasteiger partial charge < -0.3 is 15.2 Å². The van der Waals surface area contributed by atoms with E-state index in [4.69, 9.17) is 9.84 Å². The third kappa shape index (κ3) is 11.0. The number of carboxylic acid groups (broad SMARTS) is 1.